The van der Waals surface area contributed by atoms with Crippen LogP contribution in [0.3, 0.4) is 0 Å². The average molecular weight is 224 g/mol. The predicted molar refractivity (Wildman–Crippen MR) is 65.0 cm³/mol. The first kappa shape index (κ1) is 12.8. The molecule has 4 nitrogen and oxygen atoms in total. The molecule has 1 rings (SSSR count). The zero-order chi connectivity index (χ0) is 12.0. The average Bonchev–Trinajstić information content (AvgIpc) is 2.29. The Balaban J connectivity index is 2.49. The van der Waals surface area contributed by atoms with E-state index in [9.17, 15) is 0 Å². The Morgan fingerprint density at radius 1 is 1.38 bits per heavy atom. The Morgan fingerprint density at radius 2 is 2.12 bits per heavy atom. The third kappa shape index (κ3) is 3.70. The van der Waals surface area contributed by atoms with Gasteiger partial charge in [0.25, 0.3) is 0 Å². The number of methoxy groups -OCH3 is 2. The molecule has 0 atom stereocenters. The van der Waals surface area contributed by atoms with Crippen molar-refractivity contribution in [1.29, 1.82) is 0 Å². The van der Waals surface area contributed by atoms with E-state index >= 15 is 0 Å². The third-order valence-electron chi connectivity index (χ3n) is 2.56. The summed E-state index contributed by atoms with van der Waals surface area (Å²) < 4.78 is 10.5. The normalized spacial score (nSPS) is 11.2. The van der Waals surface area contributed by atoms with Gasteiger partial charge in [0.1, 0.15) is 0 Å². The summed E-state index contributed by atoms with van der Waals surface area (Å²) in [4.78, 5) is 4.12. The summed E-state index contributed by atoms with van der Waals surface area (Å²) in [6.45, 7) is 4.95. The van der Waals surface area contributed by atoms with Gasteiger partial charge in [0, 0.05) is 19.9 Å². The van der Waals surface area contributed by atoms with Gasteiger partial charge in [-0.15, -0.1) is 0 Å². The van der Waals surface area contributed by atoms with Crippen molar-refractivity contribution in [3.63, 3.8) is 0 Å². The Bertz CT molecular complexity index is 327. The Morgan fingerprint density at radius 3 is 2.75 bits per heavy atom. The second-order valence-electron chi connectivity index (χ2n) is 4.20. The smallest absolute Gasteiger partial charge is 0.237 e. The molecule has 0 bridgehead atoms. The molecule has 0 radical (unpaired) electrons. The van der Waals surface area contributed by atoms with Gasteiger partial charge in [-0.3, -0.25) is 0 Å². The van der Waals surface area contributed by atoms with Crippen molar-refractivity contribution >= 4 is 5.69 Å². The van der Waals surface area contributed by atoms with Gasteiger partial charge in [0.05, 0.1) is 18.4 Å². The molecule has 0 aliphatic carbocycles. The standard InChI is InChI=1S/C12H20N2O2/c1-12(2,16-4)7-9-13-10-6-5-8-14-11(10)15-3/h5-6,8,13H,7,9H2,1-4H3. The lowest BCUT2D eigenvalue weighted by Crippen LogP contribution is -2.25. The summed E-state index contributed by atoms with van der Waals surface area (Å²) >= 11 is 0. The summed E-state index contributed by atoms with van der Waals surface area (Å²) in [6.07, 6.45) is 2.63. The Hall–Kier alpha value is -1.29. The third-order valence-corrected chi connectivity index (χ3v) is 2.56. The van der Waals surface area contributed by atoms with E-state index in [4.69, 9.17) is 9.47 Å². The number of ether oxygens (including phenoxy) is 2. The molecule has 0 saturated heterocycles. The van der Waals surface area contributed by atoms with Crippen LogP contribution in [0.1, 0.15) is 20.3 Å². The highest BCUT2D eigenvalue weighted by molar-refractivity contribution is 5.51. The summed E-state index contributed by atoms with van der Waals surface area (Å²) in [6, 6.07) is 3.83. The quantitative estimate of drug-likeness (QED) is 0.805. The van der Waals surface area contributed by atoms with Crippen LogP contribution in [0.5, 0.6) is 5.88 Å². The highest BCUT2D eigenvalue weighted by Crippen LogP contribution is 2.20. The molecule has 0 aromatic carbocycles. The minimum atomic E-state index is -0.109. The lowest BCUT2D eigenvalue weighted by molar-refractivity contribution is 0.0185. The van der Waals surface area contributed by atoms with Crippen molar-refractivity contribution in [1.82, 2.24) is 4.98 Å². The fourth-order valence-corrected chi connectivity index (χ4v) is 1.29. The largest absolute Gasteiger partial charge is 0.480 e. The molecule has 0 saturated carbocycles. The maximum absolute atomic E-state index is 5.35. The van der Waals surface area contributed by atoms with Crippen molar-refractivity contribution in [3.05, 3.63) is 18.3 Å². The molecular formula is C12H20N2O2. The molecule has 90 valence electrons. The summed E-state index contributed by atoms with van der Waals surface area (Å²) in [5, 5.41) is 3.29. The van der Waals surface area contributed by atoms with Crippen molar-refractivity contribution in [2.75, 3.05) is 26.1 Å². The van der Waals surface area contributed by atoms with Crippen LogP contribution < -0.4 is 10.1 Å². The molecular weight excluding hydrogens is 204 g/mol. The molecule has 1 N–H and O–H groups in total. The van der Waals surface area contributed by atoms with E-state index in [1.165, 1.54) is 0 Å². The SMILES string of the molecule is COc1ncccc1NCCC(C)(C)OC. The number of nitrogens with zero attached hydrogens (tertiary/aromatic N) is 1. The van der Waals surface area contributed by atoms with Crippen molar-refractivity contribution in [3.8, 4) is 5.88 Å². The maximum Gasteiger partial charge on any atom is 0.237 e. The number of nitrogens with one attached hydrogen (secondary N) is 1. The fourth-order valence-electron chi connectivity index (χ4n) is 1.29. The molecule has 1 heterocycles. The topological polar surface area (TPSA) is 43.4 Å². The second-order valence-corrected chi connectivity index (χ2v) is 4.20. The van der Waals surface area contributed by atoms with Crippen molar-refractivity contribution < 1.29 is 9.47 Å². The number of aromatic nitrogens is 1. The summed E-state index contributed by atoms with van der Waals surface area (Å²) in [7, 11) is 3.34. The minimum absolute atomic E-state index is 0.109. The monoisotopic (exact) mass is 224 g/mol. The molecule has 0 aliphatic heterocycles. The van der Waals surface area contributed by atoms with Gasteiger partial charge in [-0.25, -0.2) is 4.98 Å². The summed E-state index contributed by atoms with van der Waals surface area (Å²) in [5.41, 5.74) is 0.805. The maximum atomic E-state index is 5.35. The molecule has 4 heteroatoms. The van der Waals surface area contributed by atoms with Crippen LogP contribution in [0.4, 0.5) is 5.69 Å². The lowest BCUT2D eigenvalue weighted by atomic mass is 10.1. The van der Waals surface area contributed by atoms with E-state index < -0.39 is 0 Å². The zero-order valence-corrected chi connectivity index (χ0v) is 10.4. The molecule has 1 aromatic heterocycles. The number of anilines is 1. The van der Waals surface area contributed by atoms with E-state index in [1.54, 1.807) is 20.4 Å². The van der Waals surface area contributed by atoms with Gasteiger partial charge < -0.3 is 14.8 Å². The molecule has 16 heavy (non-hydrogen) atoms. The predicted octanol–water partition coefficient (Wildman–Crippen LogP) is 2.32. The number of hydrogen-bond acceptors (Lipinski definition) is 4. The van der Waals surface area contributed by atoms with E-state index in [1.807, 2.05) is 12.1 Å². The number of hydrogen-bond donors (Lipinski definition) is 1. The van der Waals surface area contributed by atoms with Gasteiger partial charge in [0.2, 0.25) is 5.88 Å². The molecule has 1 aromatic rings. The molecule has 0 aliphatic rings. The molecule has 0 fully saturated rings. The number of rotatable bonds is 6. The summed E-state index contributed by atoms with van der Waals surface area (Å²) in [5.74, 6) is 0.623. The van der Waals surface area contributed by atoms with Gasteiger partial charge in [-0.1, -0.05) is 0 Å². The molecule has 0 spiro atoms. The van der Waals surface area contributed by atoms with Crippen LogP contribution >= 0.6 is 0 Å². The van der Waals surface area contributed by atoms with Crippen LogP contribution in [-0.2, 0) is 4.74 Å². The van der Waals surface area contributed by atoms with E-state index in [0.29, 0.717) is 5.88 Å². The van der Waals surface area contributed by atoms with Gasteiger partial charge in [-0.2, -0.15) is 0 Å². The van der Waals surface area contributed by atoms with Crippen LogP contribution in [0, 0.1) is 0 Å². The molecule has 0 amide bonds. The van der Waals surface area contributed by atoms with E-state index in [0.717, 1.165) is 18.7 Å². The van der Waals surface area contributed by atoms with Crippen molar-refractivity contribution in [2.24, 2.45) is 0 Å². The van der Waals surface area contributed by atoms with Crippen LogP contribution in [0.15, 0.2) is 18.3 Å². The number of pyridine rings is 1. The molecule has 0 unspecified atom stereocenters. The first-order valence-electron chi connectivity index (χ1n) is 5.37. The highest BCUT2D eigenvalue weighted by Gasteiger charge is 2.15. The first-order valence-corrected chi connectivity index (χ1v) is 5.37. The minimum Gasteiger partial charge on any atom is -0.480 e. The van der Waals surface area contributed by atoms with Crippen LogP contribution in [0.25, 0.3) is 0 Å². The Kier molecular flexibility index (Phi) is 4.55. The van der Waals surface area contributed by atoms with Gasteiger partial charge in [-0.05, 0) is 32.4 Å². The fraction of sp³-hybridized carbons (Fsp3) is 0.583. The van der Waals surface area contributed by atoms with Crippen molar-refractivity contribution in [2.45, 2.75) is 25.9 Å². The van der Waals surface area contributed by atoms with Crippen LogP contribution in [-0.4, -0.2) is 31.3 Å². The van der Waals surface area contributed by atoms with Gasteiger partial charge in [0.15, 0.2) is 0 Å². The van der Waals surface area contributed by atoms with E-state index in [-0.39, 0.29) is 5.60 Å². The van der Waals surface area contributed by atoms with Gasteiger partial charge >= 0.3 is 0 Å². The van der Waals surface area contributed by atoms with E-state index in [2.05, 4.69) is 24.1 Å². The zero-order valence-electron chi connectivity index (χ0n) is 10.4. The second kappa shape index (κ2) is 5.70. The first-order chi connectivity index (χ1) is 7.59. The highest BCUT2D eigenvalue weighted by atomic mass is 16.5. The van der Waals surface area contributed by atoms with Crippen LogP contribution in [0.2, 0.25) is 0 Å². The lowest BCUT2D eigenvalue weighted by Gasteiger charge is -2.23. The Labute approximate surface area is 97.0 Å².